The highest BCUT2D eigenvalue weighted by atomic mass is 32.1. The second kappa shape index (κ2) is 4.58. The Morgan fingerprint density at radius 1 is 1.28 bits per heavy atom. The number of hydrogen-bond donors (Lipinski definition) is 1. The molecular formula is C14H20N2OS. The minimum absolute atomic E-state index is 0.454. The van der Waals surface area contributed by atoms with Gasteiger partial charge >= 0.3 is 0 Å². The summed E-state index contributed by atoms with van der Waals surface area (Å²) in [6.07, 6.45) is 7.63. The van der Waals surface area contributed by atoms with Crippen molar-refractivity contribution in [1.29, 1.82) is 0 Å². The van der Waals surface area contributed by atoms with Gasteiger partial charge in [-0.15, -0.1) is 11.3 Å². The molecule has 3 nitrogen and oxygen atoms in total. The molecule has 0 radical (unpaired) electrons. The molecule has 1 saturated heterocycles. The molecule has 18 heavy (non-hydrogen) atoms. The zero-order valence-electron chi connectivity index (χ0n) is 10.7. The molecule has 4 rings (SSSR count). The Hall–Kier alpha value is -0.450. The standard InChI is InChI=1S/C14H20N2OS/c1-2-11-12(3-1)18-14(16-11)13(15-10-4-5-10)9-6-7-17-8-9/h9-10,13,15H,1-8H2. The summed E-state index contributed by atoms with van der Waals surface area (Å²) in [5.74, 6) is 0.636. The van der Waals surface area contributed by atoms with Gasteiger partial charge in [-0.3, -0.25) is 0 Å². The Bertz CT molecular complexity index is 414. The predicted molar refractivity (Wildman–Crippen MR) is 72.0 cm³/mol. The zero-order chi connectivity index (χ0) is 11.9. The van der Waals surface area contributed by atoms with Crippen molar-refractivity contribution in [3.05, 3.63) is 15.6 Å². The summed E-state index contributed by atoms with van der Waals surface area (Å²) < 4.78 is 5.58. The van der Waals surface area contributed by atoms with Crippen LogP contribution in [0, 0.1) is 5.92 Å². The van der Waals surface area contributed by atoms with Crippen LogP contribution in [0.4, 0.5) is 0 Å². The third-order valence-corrected chi connectivity index (χ3v) is 5.55. The van der Waals surface area contributed by atoms with E-state index in [1.807, 2.05) is 11.3 Å². The first-order chi connectivity index (χ1) is 8.90. The van der Waals surface area contributed by atoms with Gasteiger partial charge in [0.15, 0.2) is 0 Å². The molecular weight excluding hydrogens is 244 g/mol. The van der Waals surface area contributed by atoms with Crippen LogP contribution in [-0.2, 0) is 17.6 Å². The number of rotatable bonds is 4. The lowest BCUT2D eigenvalue weighted by molar-refractivity contribution is 0.176. The van der Waals surface area contributed by atoms with E-state index in [2.05, 4.69) is 5.32 Å². The van der Waals surface area contributed by atoms with Gasteiger partial charge in [0, 0.05) is 23.4 Å². The summed E-state index contributed by atoms with van der Waals surface area (Å²) in [5.41, 5.74) is 1.39. The summed E-state index contributed by atoms with van der Waals surface area (Å²) in [4.78, 5) is 6.46. The molecule has 0 aromatic carbocycles. The number of ether oxygens (including phenoxy) is 1. The maximum absolute atomic E-state index is 5.58. The Labute approximate surface area is 112 Å². The smallest absolute Gasteiger partial charge is 0.110 e. The molecule has 2 heterocycles. The van der Waals surface area contributed by atoms with Crippen molar-refractivity contribution < 1.29 is 4.74 Å². The molecule has 1 aliphatic heterocycles. The van der Waals surface area contributed by atoms with Gasteiger partial charge in [0.1, 0.15) is 5.01 Å². The highest BCUT2D eigenvalue weighted by Gasteiger charge is 2.35. The number of aryl methyl sites for hydroxylation is 2. The van der Waals surface area contributed by atoms with E-state index in [9.17, 15) is 0 Å². The minimum Gasteiger partial charge on any atom is -0.381 e. The molecule has 1 N–H and O–H groups in total. The van der Waals surface area contributed by atoms with E-state index in [0.29, 0.717) is 12.0 Å². The average Bonchev–Trinajstić information content (AvgIpc) is 2.84. The monoisotopic (exact) mass is 264 g/mol. The first kappa shape index (κ1) is 11.4. The molecule has 4 heteroatoms. The first-order valence-electron chi connectivity index (χ1n) is 7.22. The third kappa shape index (κ3) is 2.10. The van der Waals surface area contributed by atoms with Crippen LogP contribution in [0.3, 0.4) is 0 Å². The summed E-state index contributed by atoms with van der Waals surface area (Å²) in [7, 11) is 0. The van der Waals surface area contributed by atoms with Crippen LogP contribution in [0.2, 0.25) is 0 Å². The van der Waals surface area contributed by atoms with Gasteiger partial charge in [-0.1, -0.05) is 0 Å². The largest absolute Gasteiger partial charge is 0.381 e. The summed E-state index contributed by atoms with van der Waals surface area (Å²) in [6, 6.07) is 1.20. The molecule has 98 valence electrons. The second-order valence-electron chi connectivity index (χ2n) is 5.82. The Morgan fingerprint density at radius 3 is 2.94 bits per heavy atom. The van der Waals surface area contributed by atoms with Crippen molar-refractivity contribution in [3.63, 3.8) is 0 Å². The van der Waals surface area contributed by atoms with Crippen molar-refractivity contribution >= 4 is 11.3 Å². The maximum Gasteiger partial charge on any atom is 0.110 e. The number of hydrogen-bond acceptors (Lipinski definition) is 4. The van der Waals surface area contributed by atoms with E-state index in [4.69, 9.17) is 9.72 Å². The lowest BCUT2D eigenvalue weighted by Crippen LogP contribution is -2.30. The van der Waals surface area contributed by atoms with Gasteiger partial charge < -0.3 is 10.1 Å². The van der Waals surface area contributed by atoms with Crippen molar-refractivity contribution in [2.24, 2.45) is 5.92 Å². The van der Waals surface area contributed by atoms with Gasteiger partial charge in [-0.05, 0) is 38.5 Å². The molecule has 1 aromatic rings. The van der Waals surface area contributed by atoms with Gasteiger partial charge in [-0.2, -0.15) is 0 Å². The molecule has 0 amide bonds. The second-order valence-corrected chi connectivity index (χ2v) is 6.93. The fraction of sp³-hybridized carbons (Fsp3) is 0.786. The molecule has 1 aromatic heterocycles. The molecule has 0 bridgehead atoms. The highest BCUT2D eigenvalue weighted by Crippen LogP contribution is 2.37. The van der Waals surface area contributed by atoms with Gasteiger partial charge in [0.05, 0.1) is 18.3 Å². The SMILES string of the molecule is C1Cc2nc(C(NC3CC3)C3CCOC3)sc2C1. The van der Waals surface area contributed by atoms with E-state index in [0.717, 1.165) is 19.3 Å². The van der Waals surface area contributed by atoms with Gasteiger partial charge in [0.25, 0.3) is 0 Å². The van der Waals surface area contributed by atoms with E-state index in [1.165, 1.54) is 49.2 Å². The Balaban J connectivity index is 1.58. The van der Waals surface area contributed by atoms with E-state index in [-0.39, 0.29) is 0 Å². The predicted octanol–water partition coefficient (Wildman–Crippen LogP) is 2.46. The quantitative estimate of drug-likeness (QED) is 0.907. The summed E-state index contributed by atoms with van der Waals surface area (Å²) in [5, 5.41) is 5.14. The van der Waals surface area contributed by atoms with Crippen LogP contribution in [0.1, 0.15) is 47.3 Å². The average molecular weight is 264 g/mol. The molecule has 1 saturated carbocycles. The number of fused-ring (bicyclic) bond motifs is 1. The molecule has 2 unspecified atom stereocenters. The lowest BCUT2D eigenvalue weighted by Gasteiger charge is -2.21. The van der Waals surface area contributed by atoms with Crippen LogP contribution in [0.5, 0.6) is 0 Å². The van der Waals surface area contributed by atoms with E-state index >= 15 is 0 Å². The number of nitrogens with zero attached hydrogens (tertiary/aromatic N) is 1. The minimum atomic E-state index is 0.454. The van der Waals surface area contributed by atoms with Crippen LogP contribution in [0.25, 0.3) is 0 Å². The zero-order valence-corrected chi connectivity index (χ0v) is 11.5. The molecule has 2 aliphatic carbocycles. The van der Waals surface area contributed by atoms with E-state index < -0.39 is 0 Å². The Morgan fingerprint density at radius 2 is 2.22 bits per heavy atom. The normalized spacial score (nSPS) is 28.6. The molecule has 3 aliphatic rings. The number of nitrogens with one attached hydrogen (secondary N) is 1. The lowest BCUT2D eigenvalue weighted by atomic mass is 9.99. The highest BCUT2D eigenvalue weighted by molar-refractivity contribution is 7.11. The Kier molecular flexibility index (Phi) is 2.90. The third-order valence-electron chi connectivity index (χ3n) is 4.31. The maximum atomic E-state index is 5.58. The van der Waals surface area contributed by atoms with Crippen LogP contribution < -0.4 is 5.32 Å². The summed E-state index contributed by atoms with van der Waals surface area (Å²) >= 11 is 1.96. The van der Waals surface area contributed by atoms with Crippen molar-refractivity contribution in [1.82, 2.24) is 10.3 Å². The molecule has 0 spiro atoms. The van der Waals surface area contributed by atoms with Crippen LogP contribution in [0.15, 0.2) is 0 Å². The van der Waals surface area contributed by atoms with Crippen LogP contribution >= 0.6 is 11.3 Å². The van der Waals surface area contributed by atoms with Gasteiger partial charge in [-0.25, -0.2) is 4.98 Å². The van der Waals surface area contributed by atoms with Crippen molar-refractivity contribution in [3.8, 4) is 0 Å². The van der Waals surface area contributed by atoms with Gasteiger partial charge in [0.2, 0.25) is 0 Å². The van der Waals surface area contributed by atoms with Crippen molar-refractivity contribution in [2.45, 2.75) is 50.6 Å². The van der Waals surface area contributed by atoms with E-state index in [1.54, 1.807) is 4.88 Å². The fourth-order valence-electron chi connectivity index (χ4n) is 3.07. The van der Waals surface area contributed by atoms with Crippen molar-refractivity contribution in [2.75, 3.05) is 13.2 Å². The number of aromatic nitrogens is 1. The molecule has 2 atom stereocenters. The first-order valence-corrected chi connectivity index (χ1v) is 8.04. The fourth-order valence-corrected chi connectivity index (χ4v) is 4.38. The number of thiazole rings is 1. The van der Waals surface area contributed by atoms with Crippen LogP contribution in [-0.4, -0.2) is 24.2 Å². The molecule has 2 fully saturated rings. The summed E-state index contributed by atoms with van der Waals surface area (Å²) in [6.45, 7) is 1.84. The topological polar surface area (TPSA) is 34.2 Å².